The largest absolute Gasteiger partial charge is 0.508 e. The molecule has 0 saturated carbocycles. The van der Waals surface area contributed by atoms with Crippen LogP contribution in [0.5, 0.6) is 23.0 Å². The maximum atomic E-state index is 9.58. The van der Waals surface area contributed by atoms with Gasteiger partial charge < -0.3 is 20.4 Å². The molecule has 0 bridgehead atoms. The number of benzene rings is 4. The summed E-state index contributed by atoms with van der Waals surface area (Å²) in [5.74, 6) is 1.23. The van der Waals surface area contributed by atoms with Crippen molar-refractivity contribution in [3.8, 4) is 23.0 Å². The smallest absolute Gasteiger partial charge is 0.119 e. The molecule has 4 aromatic rings. The second kappa shape index (κ2) is 10.4. The van der Waals surface area contributed by atoms with Crippen LogP contribution in [0.25, 0.3) is 0 Å². The van der Waals surface area contributed by atoms with Crippen molar-refractivity contribution in [2.24, 2.45) is 0 Å². The van der Waals surface area contributed by atoms with E-state index in [2.05, 4.69) is 0 Å². The zero-order valence-corrected chi connectivity index (χ0v) is 18.3. The first kappa shape index (κ1) is 22.8. The topological polar surface area (TPSA) is 80.9 Å². The van der Waals surface area contributed by atoms with Gasteiger partial charge >= 0.3 is 0 Å². The first-order valence-electron chi connectivity index (χ1n) is 10.4. The molecular weight excluding hydrogens is 400 g/mol. The number of hydrogen-bond donors (Lipinski definition) is 4. The van der Waals surface area contributed by atoms with Crippen molar-refractivity contribution in [1.82, 2.24) is 0 Å². The van der Waals surface area contributed by atoms with Gasteiger partial charge in [0.1, 0.15) is 23.0 Å². The van der Waals surface area contributed by atoms with Gasteiger partial charge in [-0.3, -0.25) is 0 Å². The Morgan fingerprint density at radius 2 is 1.00 bits per heavy atom. The van der Waals surface area contributed by atoms with Crippen LogP contribution in [0.4, 0.5) is 0 Å². The molecule has 4 heteroatoms. The number of aromatic hydroxyl groups is 4. The molecule has 0 aliphatic carbocycles. The fourth-order valence-electron chi connectivity index (χ4n) is 3.38. The average molecular weight is 429 g/mol. The highest BCUT2D eigenvalue weighted by Gasteiger charge is 2.03. The third kappa shape index (κ3) is 6.29. The second-order valence-corrected chi connectivity index (χ2v) is 7.89. The van der Waals surface area contributed by atoms with Gasteiger partial charge in [0.2, 0.25) is 0 Å². The first-order chi connectivity index (χ1) is 15.3. The van der Waals surface area contributed by atoms with Crippen molar-refractivity contribution in [2.45, 2.75) is 26.7 Å². The lowest BCUT2D eigenvalue weighted by Crippen LogP contribution is -1.90. The van der Waals surface area contributed by atoms with E-state index in [1.807, 2.05) is 62.4 Å². The molecule has 0 aliphatic heterocycles. The fourth-order valence-corrected chi connectivity index (χ4v) is 3.38. The summed E-state index contributed by atoms with van der Waals surface area (Å²) in [6.45, 7) is 3.78. The van der Waals surface area contributed by atoms with E-state index in [4.69, 9.17) is 5.11 Å². The fraction of sp³-hybridized carbons (Fsp3) is 0.143. The number of rotatable bonds is 4. The van der Waals surface area contributed by atoms with Gasteiger partial charge in [-0.1, -0.05) is 54.6 Å². The minimum Gasteiger partial charge on any atom is -0.508 e. The van der Waals surface area contributed by atoms with E-state index >= 15 is 0 Å². The molecule has 4 N–H and O–H groups in total. The standard InChI is InChI=1S/C15H16O2.C13H12O2/c1-10-7-12(3-5-14(10)16)9-13-4-6-15(17)11(2)8-13;14-12-7-5-10(6-8-12)9-11-3-1-2-4-13(11)15/h3-8,16-17H,9H2,1-2H3;1-8,14-15H,9H2. The monoisotopic (exact) mass is 428 g/mol. The van der Waals surface area contributed by atoms with E-state index in [9.17, 15) is 15.3 Å². The Labute approximate surface area is 188 Å². The Hall–Kier alpha value is -3.92. The first-order valence-corrected chi connectivity index (χ1v) is 10.4. The lowest BCUT2D eigenvalue weighted by atomic mass is 10.0. The molecule has 32 heavy (non-hydrogen) atoms. The van der Waals surface area contributed by atoms with Crippen LogP contribution in [0.3, 0.4) is 0 Å². The number of hydrogen-bond acceptors (Lipinski definition) is 4. The molecule has 4 rings (SSSR count). The van der Waals surface area contributed by atoms with Crippen LogP contribution in [0, 0.1) is 13.8 Å². The third-order valence-corrected chi connectivity index (χ3v) is 5.25. The van der Waals surface area contributed by atoms with Crippen LogP contribution in [-0.2, 0) is 12.8 Å². The van der Waals surface area contributed by atoms with Crippen molar-refractivity contribution in [1.29, 1.82) is 0 Å². The predicted octanol–water partition coefficient (Wildman–Crippen LogP) is 5.99. The molecule has 0 aromatic heterocycles. The van der Waals surface area contributed by atoms with Crippen LogP contribution in [-0.4, -0.2) is 20.4 Å². The SMILES string of the molecule is Cc1cc(Cc2ccc(O)c(C)c2)ccc1O.Oc1ccc(Cc2ccccc2O)cc1. The lowest BCUT2D eigenvalue weighted by molar-refractivity contribution is 0.469. The molecule has 0 radical (unpaired) electrons. The van der Waals surface area contributed by atoms with Gasteiger partial charge in [-0.25, -0.2) is 0 Å². The van der Waals surface area contributed by atoms with Gasteiger partial charge in [0, 0.05) is 6.42 Å². The predicted molar refractivity (Wildman–Crippen MR) is 128 cm³/mol. The van der Waals surface area contributed by atoms with Gasteiger partial charge in [0.25, 0.3) is 0 Å². The van der Waals surface area contributed by atoms with Crippen LogP contribution < -0.4 is 0 Å². The van der Waals surface area contributed by atoms with E-state index in [0.29, 0.717) is 23.7 Å². The van der Waals surface area contributed by atoms with Crippen molar-refractivity contribution >= 4 is 0 Å². The summed E-state index contributed by atoms with van der Waals surface area (Å²) < 4.78 is 0. The van der Waals surface area contributed by atoms with E-state index in [1.165, 1.54) is 0 Å². The highest BCUT2D eigenvalue weighted by atomic mass is 16.3. The maximum Gasteiger partial charge on any atom is 0.119 e. The summed E-state index contributed by atoms with van der Waals surface area (Å²) in [4.78, 5) is 0. The van der Waals surface area contributed by atoms with Crippen molar-refractivity contribution in [3.05, 3.63) is 118 Å². The van der Waals surface area contributed by atoms with E-state index in [-0.39, 0.29) is 5.75 Å². The maximum absolute atomic E-state index is 9.58. The summed E-state index contributed by atoms with van der Waals surface area (Å²) in [6, 6.07) is 25.5. The molecule has 0 aliphatic rings. The highest BCUT2D eigenvalue weighted by Crippen LogP contribution is 2.22. The number of phenols is 4. The van der Waals surface area contributed by atoms with Crippen molar-refractivity contribution in [3.63, 3.8) is 0 Å². The molecule has 0 heterocycles. The molecular formula is C28H28O4. The second-order valence-electron chi connectivity index (χ2n) is 7.89. The average Bonchev–Trinajstić information content (AvgIpc) is 2.77. The molecule has 4 aromatic carbocycles. The van der Waals surface area contributed by atoms with Gasteiger partial charge in [-0.15, -0.1) is 0 Å². The molecule has 0 saturated heterocycles. The van der Waals surface area contributed by atoms with Gasteiger partial charge in [0.15, 0.2) is 0 Å². The summed E-state index contributed by atoms with van der Waals surface area (Å²) in [5, 5.41) is 37.6. The van der Waals surface area contributed by atoms with Gasteiger partial charge in [0.05, 0.1) is 0 Å². The summed E-state index contributed by atoms with van der Waals surface area (Å²) in [6.07, 6.45) is 1.48. The van der Waals surface area contributed by atoms with Crippen LogP contribution >= 0.6 is 0 Å². The minimum atomic E-state index is 0.260. The molecule has 164 valence electrons. The third-order valence-electron chi connectivity index (χ3n) is 5.25. The zero-order valence-electron chi connectivity index (χ0n) is 18.3. The van der Waals surface area contributed by atoms with Gasteiger partial charge in [-0.2, -0.15) is 0 Å². The number of para-hydroxylation sites is 1. The van der Waals surface area contributed by atoms with Crippen molar-refractivity contribution in [2.75, 3.05) is 0 Å². The van der Waals surface area contributed by atoms with E-state index < -0.39 is 0 Å². The minimum absolute atomic E-state index is 0.260. The van der Waals surface area contributed by atoms with Crippen LogP contribution in [0.2, 0.25) is 0 Å². The number of phenolic OH excluding ortho intramolecular Hbond substituents is 4. The normalized spacial score (nSPS) is 10.3. The quantitative estimate of drug-likeness (QED) is 0.322. The van der Waals surface area contributed by atoms with E-state index in [0.717, 1.165) is 39.8 Å². The molecule has 0 fully saturated rings. The van der Waals surface area contributed by atoms with Crippen LogP contribution in [0.15, 0.2) is 84.9 Å². The Morgan fingerprint density at radius 1 is 0.500 bits per heavy atom. The molecule has 0 atom stereocenters. The zero-order chi connectivity index (χ0) is 23.1. The Morgan fingerprint density at radius 3 is 1.50 bits per heavy atom. The molecule has 0 amide bonds. The van der Waals surface area contributed by atoms with Crippen molar-refractivity contribution < 1.29 is 20.4 Å². The highest BCUT2D eigenvalue weighted by molar-refractivity contribution is 5.40. The number of aryl methyl sites for hydroxylation is 2. The summed E-state index contributed by atoms with van der Waals surface area (Å²) in [5.41, 5.74) is 6.05. The molecule has 0 spiro atoms. The lowest BCUT2D eigenvalue weighted by Gasteiger charge is -2.06. The molecule has 0 unspecified atom stereocenters. The summed E-state index contributed by atoms with van der Waals surface area (Å²) >= 11 is 0. The van der Waals surface area contributed by atoms with Gasteiger partial charge in [-0.05, 0) is 84.0 Å². The Kier molecular flexibility index (Phi) is 7.40. The van der Waals surface area contributed by atoms with Crippen LogP contribution in [0.1, 0.15) is 33.4 Å². The van der Waals surface area contributed by atoms with E-state index in [1.54, 1.807) is 36.4 Å². The molecule has 4 nitrogen and oxygen atoms in total. The Bertz CT molecular complexity index is 1130. The summed E-state index contributed by atoms with van der Waals surface area (Å²) in [7, 11) is 0. The Balaban J connectivity index is 0.000000182.